The first-order valence-corrected chi connectivity index (χ1v) is 40.4. The molecule has 0 amide bonds. The fourth-order valence-electron chi connectivity index (χ4n) is 10.8. The Morgan fingerprint density at radius 1 is 0.340 bits per heavy atom. The quantitative estimate of drug-likeness (QED) is 0.0195. The summed E-state index contributed by atoms with van der Waals surface area (Å²) in [6.07, 6.45) is 107. The minimum Gasteiger partial charge on any atom is -0.756 e. The van der Waals surface area contributed by atoms with Crippen LogP contribution in [0.25, 0.3) is 0 Å². The third kappa shape index (κ3) is 77.2. The molecule has 0 saturated heterocycles. The Kier molecular flexibility index (Phi) is 70.4. The lowest BCUT2D eigenvalue weighted by Crippen LogP contribution is -2.37. The number of ether oxygens (including phenoxy) is 2. The Labute approximate surface area is 581 Å². The third-order valence-electron chi connectivity index (χ3n) is 16.7. The van der Waals surface area contributed by atoms with E-state index in [9.17, 15) is 19.0 Å². The number of unbranched alkanes of at least 4 members (excludes halogenated alkanes) is 35. The molecule has 0 aliphatic carbocycles. The Bertz CT molecular complexity index is 2050. The maximum absolute atomic E-state index is 12.9. The SMILES string of the molecule is CC/C=C\C/C=C\C/C=C\C/C=C\C/C=C\C/C=C\C/C=C\C/C=C\C/C=C\C/C=C\C/C=C\CCCCCCCC(=O)OC(COC(=O)CCCCCCCCCCCCCCCCCCCCCCCCCCCCCCCCC)COP(=O)([O-])OCC[N+](C)(C)C. The first-order chi connectivity index (χ1) is 46.0. The number of carbonyl (C=O) groups is 2. The molecule has 540 valence electrons. The molecule has 2 atom stereocenters. The van der Waals surface area contributed by atoms with E-state index in [0.717, 1.165) is 122 Å². The van der Waals surface area contributed by atoms with Gasteiger partial charge < -0.3 is 27.9 Å². The van der Waals surface area contributed by atoms with Crippen LogP contribution in [0.2, 0.25) is 0 Å². The van der Waals surface area contributed by atoms with Crippen LogP contribution in [-0.2, 0) is 32.7 Å². The second-order valence-corrected chi connectivity index (χ2v) is 28.4. The van der Waals surface area contributed by atoms with E-state index in [0.29, 0.717) is 17.4 Å². The number of hydrogen-bond acceptors (Lipinski definition) is 8. The van der Waals surface area contributed by atoms with E-state index in [-0.39, 0.29) is 32.0 Å². The summed E-state index contributed by atoms with van der Waals surface area (Å²) >= 11 is 0. The van der Waals surface area contributed by atoms with E-state index in [1.165, 1.54) is 180 Å². The van der Waals surface area contributed by atoms with Crippen molar-refractivity contribution < 1.29 is 42.1 Å². The van der Waals surface area contributed by atoms with Crippen LogP contribution in [0.3, 0.4) is 0 Å². The molecule has 2 unspecified atom stereocenters. The maximum Gasteiger partial charge on any atom is 0.306 e. The fourth-order valence-corrected chi connectivity index (χ4v) is 11.5. The number of esters is 2. The van der Waals surface area contributed by atoms with Gasteiger partial charge in [-0.25, -0.2) is 0 Å². The summed E-state index contributed by atoms with van der Waals surface area (Å²) in [4.78, 5) is 38.1. The first kappa shape index (κ1) is 90.2. The topological polar surface area (TPSA) is 111 Å². The molecule has 0 aliphatic heterocycles. The Morgan fingerprint density at radius 2 is 0.606 bits per heavy atom. The second-order valence-electron chi connectivity index (χ2n) is 27.0. The van der Waals surface area contributed by atoms with Gasteiger partial charge in [-0.15, -0.1) is 0 Å². The second kappa shape index (κ2) is 73.4. The Balaban J connectivity index is 4.08. The normalized spacial score (nSPS) is 13.8. The molecular weight excluding hydrogens is 1180 g/mol. The van der Waals surface area contributed by atoms with Gasteiger partial charge in [0, 0.05) is 12.8 Å². The van der Waals surface area contributed by atoms with Gasteiger partial charge in [0.2, 0.25) is 0 Å². The average molecular weight is 1330 g/mol. The minimum atomic E-state index is -4.66. The van der Waals surface area contributed by atoms with Crippen LogP contribution in [0.4, 0.5) is 0 Å². The largest absolute Gasteiger partial charge is 0.756 e. The van der Waals surface area contributed by atoms with Crippen LogP contribution in [0.15, 0.2) is 134 Å². The van der Waals surface area contributed by atoms with Crippen molar-refractivity contribution in [1.29, 1.82) is 0 Å². The van der Waals surface area contributed by atoms with Crippen LogP contribution < -0.4 is 4.89 Å². The molecule has 0 aromatic heterocycles. The highest BCUT2D eigenvalue weighted by atomic mass is 31.2. The predicted octanol–water partition coefficient (Wildman–Crippen LogP) is 25.3. The summed E-state index contributed by atoms with van der Waals surface area (Å²) in [5, 5.41) is 0. The van der Waals surface area contributed by atoms with Gasteiger partial charge in [-0.1, -0.05) is 359 Å². The molecule has 0 rings (SSSR count). The van der Waals surface area contributed by atoms with Gasteiger partial charge in [0.1, 0.15) is 19.8 Å². The molecular formula is C84H146NO8P. The first-order valence-electron chi connectivity index (χ1n) is 38.9. The molecule has 0 fully saturated rings. The predicted molar refractivity (Wildman–Crippen MR) is 406 cm³/mol. The maximum atomic E-state index is 12.9. The van der Waals surface area contributed by atoms with Crippen LogP contribution in [0.1, 0.15) is 335 Å². The smallest absolute Gasteiger partial charge is 0.306 e. The van der Waals surface area contributed by atoms with Gasteiger partial charge in [0.05, 0.1) is 27.7 Å². The van der Waals surface area contributed by atoms with Crippen molar-refractivity contribution >= 4 is 19.8 Å². The van der Waals surface area contributed by atoms with Gasteiger partial charge in [-0.3, -0.25) is 14.2 Å². The van der Waals surface area contributed by atoms with Crippen molar-refractivity contribution in [2.45, 2.75) is 341 Å². The number of allylic oxidation sites excluding steroid dienone is 22. The summed E-state index contributed by atoms with van der Waals surface area (Å²) in [5.74, 6) is -0.851. The van der Waals surface area contributed by atoms with Crippen LogP contribution >= 0.6 is 7.82 Å². The highest BCUT2D eigenvalue weighted by molar-refractivity contribution is 7.45. The van der Waals surface area contributed by atoms with Crippen molar-refractivity contribution in [2.75, 3.05) is 47.5 Å². The lowest BCUT2D eigenvalue weighted by molar-refractivity contribution is -0.870. The minimum absolute atomic E-state index is 0.0398. The van der Waals surface area contributed by atoms with Crippen molar-refractivity contribution in [3.05, 3.63) is 134 Å². The van der Waals surface area contributed by atoms with Gasteiger partial charge in [0.25, 0.3) is 7.82 Å². The van der Waals surface area contributed by atoms with Crippen molar-refractivity contribution in [3.8, 4) is 0 Å². The van der Waals surface area contributed by atoms with Crippen LogP contribution in [0, 0.1) is 0 Å². The number of rotatable bonds is 71. The molecule has 0 heterocycles. The van der Waals surface area contributed by atoms with E-state index >= 15 is 0 Å². The zero-order valence-corrected chi connectivity index (χ0v) is 62.5. The van der Waals surface area contributed by atoms with Gasteiger partial charge in [0.15, 0.2) is 6.10 Å². The van der Waals surface area contributed by atoms with E-state index in [2.05, 4.69) is 148 Å². The summed E-state index contributed by atoms with van der Waals surface area (Å²) < 4.78 is 34.4. The average Bonchev–Trinajstić information content (AvgIpc) is 1.56. The molecule has 9 nitrogen and oxygen atoms in total. The van der Waals surface area contributed by atoms with Crippen molar-refractivity contribution in [3.63, 3.8) is 0 Å². The van der Waals surface area contributed by atoms with Gasteiger partial charge in [-0.2, -0.15) is 0 Å². The van der Waals surface area contributed by atoms with E-state index in [1.807, 2.05) is 21.1 Å². The monoisotopic (exact) mass is 1330 g/mol. The summed E-state index contributed by atoms with van der Waals surface area (Å²) in [7, 11) is 1.15. The van der Waals surface area contributed by atoms with Gasteiger partial charge >= 0.3 is 11.9 Å². The van der Waals surface area contributed by atoms with Crippen LogP contribution in [-0.4, -0.2) is 70.0 Å². The van der Waals surface area contributed by atoms with E-state index < -0.39 is 26.5 Å². The van der Waals surface area contributed by atoms with Gasteiger partial charge in [-0.05, 0) is 96.3 Å². The molecule has 0 N–H and O–H groups in total. The standard InChI is InChI=1S/C84H146NO8P/c1-6-8-10-12-14-16-18-20-22-24-26-28-30-32-34-36-38-39-40-41-42-43-44-45-47-49-51-53-55-57-59-61-63-65-67-69-71-73-75-77-84(87)93-82(81-92-94(88,89)91-79-78-85(3,4)5)80-90-83(86)76-74-72-70-68-66-64-62-60-58-56-54-52-50-48-46-37-35-33-31-29-27-25-23-21-19-17-15-13-11-9-7-2/h8,10,14,16,20,22,26,28,32,34,38-39,41-42,44-45,49,51,55,57,61,63,82H,6-7,9,11-13,15,17-19,21,23-25,27,29-31,33,35-37,40,43,46-48,50,52-54,56,58-60,62,64-81H2,1-5H3/b10-8-,16-14-,22-20-,28-26-,34-32-,39-38-,42-41-,45-44-,51-49-,57-55-,63-61-. The molecule has 0 aromatic carbocycles. The number of hydrogen-bond donors (Lipinski definition) is 0. The van der Waals surface area contributed by atoms with Crippen LogP contribution in [0.5, 0.6) is 0 Å². The zero-order valence-electron chi connectivity index (χ0n) is 61.6. The molecule has 0 radical (unpaired) electrons. The molecule has 10 heteroatoms. The number of phosphoric acid groups is 1. The molecule has 0 saturated carbocycles. The lowest BCUT2D eigenvalue weighted by atomic mass is 10.0. The number of quaternary nitrogens is 1. The van der Waals surface area contributed by atoms with Crippen molar-refractivity contribution in [2.24, 2.45) is 0 Å². The van der Waals surface area contributed by atoms with E-state index in [1.54, 1.807) is 0 Å². The number of likely N-dealkylation sites (N-methyl/N-ethyl adjacent to an activating group) is 1. The summed E-state index contributed by atoms with van der Waals surface area (Å²) in [5.41, 5.74) is 0. The Hall–Kier alpha value is -3.85. The summed E-state index contributed by atoms with van der Waals surface area (Å²) in [6.45, 7) is 4.14. The molecule has 0 aliphatic rings. The molecule has 0 spiro atoms. The number of nitrogens with zero attached hydrogens (tertiary/aromatic N) is 1. The summed E-state index contributed by atoms with van der Waals surface area (Å²) in [6, 6.07) is 0. The highest BCUT2D eigenvalue weighted by Crippen LogP contribution is 2.38. The van der Waals surface area contributed by atoms with E-state index in [4.69, 9.17) is 18.5 Å². The number of phosphoric ester groups is 1. The third-order valence-corrected chi connectivity index (χ3v) is 17.6. The zero-order chi connectivity index (χ0) is 68.3. The molecule has 0 aromatic rings. The number of carbonyl (C=O) groups excluding carboxylic acids is 2. The highest BCUT2D eigenvalue weighted by Gasteiger charge is 2.22. The van der Waals surface area contributed by atoms with Crippen molar-refractivity contribution in [1.82, 2.24) is 0 Å². The Morgan fingerprint density at radius 3 is 0.904 bits per heavy atom. The fraction of sp³-hybridized carbons (Fsp3) is 0.714. The molecule has 0 bridgehead atoms. The molecule has 94 heavy (non-hydrogen) atoms. The lowest BCUT2D eigenvalue weighted by Gasteiger charge is -2.28.